The normalized spacial score (nSPS) is 32.5. The molecule has 72 valence electrons. The molecule has 1 nitrogen and oxygen atoms in total. The van der Waals surface area contributed by atoms with Crippen molar-refractivity contribution in [2.24, 2.45) is 5.92 Å². The zero-order valence-corrected chi connectivity index (χ0v) is 8.60. The van der Waals surface area contributed by atoms with E-state index < -0.39 is 0 Å². The fourth-order valence-electron chi connectivity index (χ4n) is 2.43. The van der Waals surface area contributed by atoms with Crippen LogP contribution in [0.1, 0.15) is 51.9 Å². The van der Waals surface area contributed by atoms with Crippen LogP contribution in [0.15, 0.2) is 0 Å². The zero-order valence-electron chi connectivity index (χ0n) is 8.60. The molecule has 2 unspecified atom stereocenters. The van der Waals surface area contributed by atoms with E-state index in [0.29, 0.717) is 0 Å². The molecule has 0 radical (unpaired) electrons. The van der Waals surface area contributed by atoms with E-state index in [0.717, 1.165) is 12.0 Å². The van der Waals surface area contributed by atoms with Gasteiger partial charge in [0.2, 0.25) is 0 Å². The van der Waals surface area contributed by atoms with Crippen molar-refractivity contribution in [1.29, 1.82) is 0 Å². The third-order valence-corrected chi connectivity index (χ3v) is 3.30. The SMILES string of the molecule is CCC1CCCCCCC1NC. The monoisotopic (exact) mass is 169 g/mol. The summed E-state index contributed by atoms with van der Waals surface area (Å²) in [5.41, 5.74) is 0. The summed E-state index contributed by atoms with van der Waals surface area (Å²) in [5.74, 6) is 0.940. The predicted molar refractivity (Wildman–Crippen MR) is 54.3 cm³/mol. The molecular formula is C11H23N. The number of rotatable bonds is 2. The number of hydrogen-bond acceptors (Lipinski definition) is 1. The highest BCUT2D eigenvalue weighted by molar-refractivity contribution is 4.76. The van der Waals surface area contributed by atoms with Crippen LogP contribution in [0.25, 0.3) is 0 Å². The Morgan fingerprint density at radius 2 is 1.75 bits per heavy atom. The Hall–Kier alpha value is -0.0400. The maximum atomic E-state index is 3.47. The van der Waals surface area contributed by atoms with Crippen LogP contribution in [-0.4, -0.2) is 13.1 Å². The average molecular weight is 169 g/mol. The molecule has 1 saturated carbocycles. The van der Waals surface area contributed by atoms with Gasteiger partial charge in [0.15, 0.2) is 0 Å². The van der Waals surface area contributed by atoms with Crippen LogP contribution in [0.3, 0.4) is 0 Å². The molecule has 0 aromatic heterocycles. The topological polar surface area (TPSA) is 12.0 Å². The molecule has 1 aliphatic carbocycles. The lowest BCUT2D eigenvalue weighted by atomic mass is 9.85. The smallest absolute Gasteiger partial charge is 0.00922 e. The quantitative estimate of drug-likeness (QED) is 0.670. The van der Waals surface area contributed by atoms with Gasteiger partial charge >= 0.3 is 0 Å². The average Bonchev–Trinajstić information content (AvgIpc) is 2.05. The van der Waals surface area contributed by atoms with Gasteiger partial charge in [-0.25, -0.2) is 0 Å². The molecule has 0 aromatic carbocycles. The Morgan fingerprint density at radius 1 is 1.08 bits per heavy atom. The maximum Gasteiger partial charge on any atom is 0.00922 e. The Bertz CT molecular complexity index is 97.6. The van der Waals surface area contributed by atoms with Gasteiger partial charge in [-0.1, -0.05) is 39.0 Å². The fourth-order valence-corrected chi connectivity index (χ4v) is 2.43. The van der Waals surface area contributed by atoms with E-state index in [4.69, 9.17) is 0 Å². The Balaban J connectivity index is 2.39. The molecule has 1 rings (SSSR count). The van der Waals surface area contributed by atoms with E-state index in [1.54, 1.807) is 0 Å². The van der Waals surface area contributed by atoms with Crippen molar-refractivity contribution >= 4 is 0 Å². The molecule has 0 saturated heterocycles. The molecule has 1 N–H and O–H groups in total. The second kappa shape index (κ2) is 5.58. The highest BCUT2D eigenvalue weighted by Gasteiger charge is 2.18. The molecule has 12 heavy (non-hydrogen) atoms. The van der Waals surface area contributed by atoms with E-state index in [9.17, 15) is 0 Å². The third-order valence-electron chi connectivity index (χ3n) is 3.30. The Kier molecular flexibility index (Phi) is 4.67. The van der Waals surface area contributed by atoms with Gasteiger partial charge in [0.1, 0.15) is 0 Å². The molecule has 0 bridgehead atoms. The lowest BCUT2D eigenvalue weighted by Gasteiger charge is -2.28. The van der Waals surface area contributed by atoms with E-state index in [1.165, 1.54) is 44.9 Å². The first-order valence-electron chi connectivity index (χ1n) is 5.55. The minimum absolute atomic E-state index is 0.801. The second-order valence-electron chi connectivity index (χ2n) is 4.06. The lowest BCUT2D eigenvalue weighted by Crippen LogP contribution is -2.33. The van der Waals surface area contributed by atoms with Crippen LogP contribution in [0, 0.1) is 5.92 Å². The standard InChI is InChI=1S/C11H23N/c1-3-10-8-6-4-5-7-9-11(10)12-2/h10-12H,3-9H2,1-2H3. The number of nitrogens with one attached hydrogen (secondary N) is 1. The summed E-state index contributed by atoms with van der Waals surface area (Å²) in [6, 6.07) is 0.801. The van der Waals surface area contributed by atoms with Gasteiger partial charge in [-0.3, -0.25) is 0 Å². The predicted octanol–water partition coefficient (Wildman–Crippen LogP) is 2.95. The highest BCUT2D eigenvalue weighted by atomic mass is 14.9. The summed E-state index contributed by atoms with van der Waals surface area (Å²) in [6.07, 6.45) is 10.0. The van der Waals surface area contributed by atoms with E-state index in [2.05, 4.69) is 19.3 Å². The maximum absolute atomic E-state index is 3.47. The molecule has 0 heterocycles. The van der Waals surface area contributed by atoms with E-state index >= 15 is 0 Å². The fraction of sp³-hybridized carbons (Fsp3) is 1.00. The first-order chi connectivity index (χ1) is 5.88. The van der Waals surface area contributed by atoms with Gasteiger partial charge in [0, 0.05) is 6.04 Å². The van der Waals surface area contributed by atoms with Crippen molar-refractivity contribution in [2.45, 2.75) is 57.9 Å². The van der Waals surface area contributed by atoms with Crippen molar-refractivity contribution in [3.05, 3.63) is 0 Å². The van der Waals surface area contributed by atoms with Gasteiger partial charge in [-0.2, -0.15) is 0 Å². The molecule has 1 aliphatic rings. The molecule has 0 aromatic rings. The van der Waals surface area contributed by atoms with Crippen LogP contribution in [-0.2, 0) is 0 Å². The van der Waals surface area contributed by atoms with Crippen molar-refractivity contribution in [3.63, 3.8) is 0 Å². The Labute approximate surface area is 76.9 Å². The van der Waals surface area contributed by atoms with Crippen LogP contribution in [0.2, 0.25) is 0 Å². The first-order valence-corrected chi connectivity index (χ1v) is 5.55. The highest BCUT2D eigenvalue weighted by Crippen LogP contribution is 2.24. The second-order valence-corrected chi connectivity index (χ2v) is 4.06. The molecule has 0 aliphatic heterocycles. The molecule has 1 fully saturated rings. The number of hydrogen-bond donors (Lipinski definition) is 1. The minimum Gasteiger partial charge on any atom is -0.317 e. The molecule has 2 atom stereocenters. The third kappa shape index (κ3) is 2.78. The van der Waals surface area contributed by atoms with Crippen molar-refractivity contribution in [1.82, 2.24) is 5.32 Å². The van der Waals surface area contributed by atoms with Gasteiger partial charge < -0.3 is 5.32 Å². The van der Waals surface area contributed by atoms with Gasteiger partial charge in [0.25, 0.3) is 0 Å². The molecule has 0 spiro atoms. The summed E-state index contributed by atoms with van der Waals surface area (Å²) < 4.78 is 0. The Morgan fingerprint density at radius 3 is 2.33 bits per heavy atom. The lowest BCUT2D eigenvalue weighted by molar-refractivity contribution is 0.289. The van der Waals surface area contributed by atoms with Crippen molar-refractivity contribution < 1.29 is 0 Å². The zero-order chi connectivity index (χ0) is 8.81. The van der Waals surface area contributed by atoms with Gasteiger partial charge in [-0.05, 0) is 25.8 Å². The summed E-state index contributed by atoms with van der Waals surface area (Å²) in [5, 5.41) is 3.47. The minimum atomic E-state index is 0.801. The summed E-state index contributed by atoms with van der Waals surface area (Å²) in [6.45, 7) is 2.33. The summed E-state index contributed by atoms with van der Waals surface area (Å²) in [4.78, 5) is 0. The van der Waals surface area contributed by atoms with E-state index in [-0.39, 0.29) is 0 Å². The van der Waals surface area contributed by atoms with Gasteiger partial charge in [-0.15, -0.1) is 0 Å². The van der Waals surface area contributed by atoms with Crippen LogP contribution < -0.4 is 5.32 Å². The largest absolute Gasteiger partial charge is 0.317 e. The summed E-state index contributed by atoms with van der Waals surface area (Å²) >= 11 is 0. The van der Waals surface area contributed by atoms with Crippen LogP contribution in [0.4, 0.5) is 0 Å². The molecule has 0 amide bonds. The van der Waals surface area contributed by atoms with E-state index in [1.807, 2.05) is 0 Å². The van der Waals surface area contributed by atoms with Crippen LogP contribution in [0.5, 0.6) is 0 Å². The molecule has 1 heteroatoms. The van der Waals surface area contributed by atoms with Crippen molar-refractivity contribution in [3.8, 4) is 0 Å². The van der Waals surface area contributed by atoms with Gasteiger partial charge in [0.05, 0.1) is 0 Å². The molecular weight excluding hydrogens is 146 g/mol. The van der Waals surface area contributed by atoms with Crippen LogP contribution >= 0.6 is 0 Å². The summed E-state index contributed by atoms with van der Waals surface area (Å²) in [7, 11) is 2.12. The first kappa shape index (κ1) is 10.0. The van der Waals surface area contributed by atoms with Crippen molar-refractivity contribution in [2.75, 3.05) is 7.05 Å².